The molecule has 0 amide bonds. The van der Waals surface area contributed by atoms with Crippen LogP contribution in [0.3, 0.4) is 0 Å². The fraction of sp³-hybridized carbons (Fsp3) is 0.500. The van der Waals surface area contributed by atoms with Crippen molar-refractivity contribution in [2.45, 2.75) is 24.9 Å². The number of hydrogen-bond donors (Lipinski definition) is 4. The molecule has 0 radical (unpaired) electrons. The molecule has 0 unspecified atom stereocenters. The van der Waals surface area contributed by atoms with E-state index in [9.17, 15) is 9.90 Å². The van der Waals surface area contributed by atoms with Gasteiger partial charge in [0.25, 0.3) is 11.5 Å². The fourth-order valence-electron chi connectivity index (χ4n) is 2.22. The highest BCUT2D eigenvalue weighted by Gasteiger charge is 2.41. The third kappa shape index (κ3) is 1.79. The highest BCUT2D eigenvalue weighted by atomic mass is 16.7. The number of nitrogens with one attached hydrogen (secondary N) is 1. The highest BCUT2D eigenvalue weighted by molar-refractivity contribution is 5.70. The number of hydrogen-bond acceptors (Lipinski definition) is 7. The number of aliphatic hydroxyl groups excluding tert-OH is 1. The summed E-state index contributed by atoms with van der Waals surface area (Å²) in [5, 5.41) is 19.5. The van der Waals surface area contributed by atoms with E-state index in [1.807, 2.05) is 0 Å². The largest absolute Gasteiger partial charge is 0.394 e. The van der Waals surface area contributed by atoms with Crippen molar-refractivity contribution in [2.24, 2.45) is 0 Å². The van der Waals surface area contributed by atoms with E-state index in [1.165, 1.54) is 10.9 Å². The van der Waals surface area contributed by atoms with Gasteiger partial charge in [0.05, 0.1) is 12.7 Å². The number of ether oxygens (including phenoxy) is 1. The standard InChI is InChI=1S/C10H13N5O4/c11-9-13-7-6(8(17)14-9)12-4-15(7)10(18)2-1-5(3-16)19-10/h4-5,16,18H,1-3H2,(H3,11,13,14,17)/t5-,10+/m0/s1. The second kappa shape index (κ2) is 4.02. The molecule has 9 heteroatoms. The topological polar surface area (TPSA) is 139 Å². The van der Waals surface area contributed by atoms with Crippen molar-refractivity contribution >= 4 is 17.1 Å². The molecule has 19 heavy (non-hydrogen) atoms. The molecule has 0 spiro atoms. The number of nitrogen functional groups attached to an aromatic ring is 1. The number of imidazole rings is 1. The minimum absolute atomic E-state index is 0.0682. The summed E-state index contributed by atoms with van der Waals surface area (Å²) in [7, 11) is 0. The summed E-state index contributed by atoms with van der Waals surface area (Å²) in [4.78, 5) is 21.8. The second-order valence-corrected chi connectivity index (χ2v) is 4.44. The molecule has 1 saturated heterocycles. The lowest BCUT2D eigenvalue weighted by Gasteiger charge is -2.24. The van der Waals surface area contributed by atoms with Crippen LogP contribution in [0.4, 0.5) is 5.95 Å². The summed E-state index contributed by atoms with van der Waals surface area (Å²) < 4.78 is 6.62. The van der Waals surface area contributed by atoms with Crippen LogP contribution in [0.5, 0.6) is 0 Å². The maximum absolute atomic E-state index is 11.6. The number of rotatable bonds is 2. The van der Waals surface area contributed by atoms with E-state index in [4.69, 9.17) is 15.6 Å². The quantitative estimate of drug-likeness (QED) is 0.517. The Morgan fingerprint density at radius 1 is 1.68 bits per heavy atom. The van der Waals surface area contributed by atoms with Crippen molar-refractivity contribution in [1.82, 2.24) is 19.5 Å². The van der Waals surface area contributed by atoms with E-state index < -0.39 is 17.6 Å². The molecule has 102 valence electrons. The van der Waals surface area contributed by atoms with Gasteiger partial charge in [-0.15, -0.1) is 0 Å². The number of aromatic nitrogens is 4. The lowest BCUT2D eigenvalue weighted by molar-refractivity contribution is -0.253. The smallest absolute Gasteiger partial charge is 0.280 e. The number of anilines is 1. The van der Waals surface area contributed by atoms with Crippen LogP contribution in [-0.4, -0.2) is 42.4 Å². The number of nitrogens with two attached hydrogens (primary N) is 1. The fourth-order valence-corrected chi connectivity index (χ4v) is 2.22. The van der Waals surface area contributed by atoms with E-state index in [0.717, 1.165) is 0 Å². The van der Waals surface area contributed by atoms with Crippen LogP contribution >= 0.6 is 0 Å². The van der Waals surface area contributed by atoms with Crippen LogP contribution in [0.15, 0.2) is 11.1 Å². The van der Waals surface area contributed by atoms with Crippen LogP contribution in [0.1, 0.15) is 12.8 Å². The van der Waals surface area contributed by atoms with Gasteiger partial charge in [0.2, 0.25) is 5.95 Å². The van der Waals surface area contributed by atoms with Crippen LogP contribution in [0.25, 0.3) is 11.2 Å². The summed E-state index contributed by atoms with van der Waals surface area (Å²) in [5.74, 6) is -1.74. The summed E-state index contributed by atoms with van der Waals surface area (Å²) in [6.45, 7) is -0.189. The molecule has 0 aromatic carbocycles. The minimum Gasteiger partial charge on any atom is -0.394 e. The molecule has 5 N–H and O–H groups in total. The zero-order chi connectivity index (χ0) is 13.6. The monoisotopic (exact) mass is 267 g/mol. The maximum Gasteiger partial charge on any atom is 0.280 e. The molecule has 2 aromatic rings. The first kappa shape index (κ1) is 12.1. The molecule has 2 atom stereocenters. The summed E-state index contributed by atoms with van der Waals surface area (Å²) in [5.41, 5.74) is 5.20. The Bertz CT molecular complexity index is 680. The van der Waals surface area contributed by atoms with Crippen LogP contribution in [0, 0.1) is 0 Å². The maximum atomic E-state index is 11.6. The van der Waals surface area contributed by atoms with E-state index in [2.05, 4.69) is 15.0 Å². The first-order valence-electron chi connectivity index (χ1n) is 5.78. The van der Waals surface area contributed by atoms with Crippen molar-refractivity contribution in [3.8, 4) is 0 Å². The Balaban J connectivity index is 2.14. The van der Waals surface area contributed by atoms with Crippen molar-refractivity contribution in [2.75, 3.05) is 12.3 Å². The van der Waals surface area contributed by atoms with Gasteiger partial charge in [0.15, 0.2) is 11.2 Å². The molecule has 0 aliphatic carbocycles. The van der Waals surface area contributed by atoms with Crippen LogP contribution in [-0.2, 0) is 10.6 Å². The predicted octanol–water partition coefficient (Wildman–Crippen LogP) is -1.52. The minimum atomic E-state index is -1.67. The van der Waals surface area contributed by atoms with Gasteiger partial charge in [0.1, 0.15) is 6.33 Å². The number of fused-ring (bicyclic) bond motifs is 1. The Morgan fingerprint density at radius 3 is 3.16 bits per heavy atom. The van der Waals surface area contributed by atoms with Gasteiger partial charge >= 0.3 is 0 Å². The molecule has 1 aliphatic rings. The van der Waals surface area contributed by atoms with E-state index in [0.29, 0.717) is 6.42 Å². The van der Waals surface area contributed by atoms with Crippen LogP contribution in [0.2, 0.25) is 0 Å². The van der Waals surface area contributed by atoms with Gasteiger partial charge in [-0.3, -0.25) is 14.3 Å². The molecule has 3 heterocycles. The molecule has 0 saturated carbocycles. The Kier molecular flexibility index (Phi) is 2.55. The molecule has 2 aromatic heterocycles. The normalized spacial score (nSPS) is 27.2. The first-order chi connectivity index (χ1) is 9.03. The summed E-state index contributed by atoms with van der Waals surface area (Å²) in [6.07, 6.45) is 1.57. The van der Waals surface area contributed by atoms with Gasteiger partial charge in [0, 0.05) is 6.42 Å². The van der Waals surface area contributed by atoms with E-state index in [1.54, 1.807) is 0 Å². The zero-order valence-corrected chi connectivity index (χ0v) is 9.91. The second-order valence-electron chi connectivity index (χ2n) is 4.44. The average Bonchev–Trinajstić information content (AvgIpc) is 2.93. The third-order valence-corrected chi connectivity index (χ3v) is 3.15. The number of H-pyrrole nitrogens is 1. The Labute approximate surface area is 106 Å². The van der Waals surface area contributed by atoms with Gasteiger partial charge < -0.3 is 20.7 Å². The molecule has 9 nitrogen and oxygen atoms in total. The lowest BCUT2D eigenvalue weighted by Crippen LogP contribution is -2.34. The molecular formula is C10H13N5O4. The molecular weight excluding hydrogens is 254 g/mol. The molecule has 3 rings (SSSR count). The number of nitrogens with zero attached hydrogens (tertiary/aromatic N) is 3. The Morgan fingerprint density at radius 2 is 2.47 bits per heavy atom. The van der Waals surface area contributed by atoms with Crippen molar-refractivity contribution in [3.05, 3.63) is 16.7 Å². The predicted molar refractivity (Wildman–Crippen MR) is 63.9 cm³/mol. The van der Waals surface area contributed by atoms with Crippen molar-refractivity contribution in [1.29, 1.82) is 0 Å². The van der Waals surface area contributed by atoms with Gasteiger partial charge in [-0.25, -0.2) is 4.98 Å². The van der Waals surface area contributed by atoms with Crippen molar-refractivity contribution < 1.29 is 14.9 Å². The van der Waals surface area contributed by atoms with Gasteiger partial charge in [-0.2, -0.15) is 4.98 Å². The Hall–Kier alpha value is -1.97. The number of aromatic amines is 1. The molecule has 1 aliphatic heterocycles. The van der Waals surface area contributed by atoms with E-state index in [-0.39, 0.29) is 30.1 Å². The summed E-state index contributed by atoms with van der Waals surface area (Å²) in [6, 6.07) is 0. The van der Waals surface area contributed by atoms with Crippen molar-refractivity contribution in [3.63, 3.8) is 0 Å². The van der Waals surface area contributed by atoms with Crippen LogP contribution < -0.4 is 11.3 Å². The van der Waals surface area contributed by atoms with Gasteiger partial charge in [-0.05, 0) is 6.42 Å². The molecule has 0 bridgehead atoms. The third-order valence-electron chi connectivity index (χ3n) is 3.15. The SMILES string of the molecule is Nc1nc2c(ncn2[C@@]2(O)CC[C@@H](CO)O2)c(=O)[nH]1. The summed E-state index contributed by atoms with van der Waals surface area (Å²) >= 11 is 0. The number of aliphatic hydroxyl groups is 2. The highest BCUT2D eigenvalue weighted by Crippen LogP contribution is 2.33. The molecule has 1 fully saturated rings. The first-order valence-corrected chi connectivity index (χ1v) is 5.78. The van der Waals surface area contributed by atoms with E-state index >= 15 is 0 Å². The zero-order valence-electron chi connectivity index (χ0n) is 9.91. The lowest BCUT2D eigenvalue weighted by atomic mass is 10.2. The average molecular weight is 267 g/mol. The van der Waals surface area contributed by atoms with Gasteiger partial charge in [-0.1, -0.05) is 0 Å².